The van der Waals surface area contributed by atoms with Gasteiger partial charge in [-0.3, -0.25) is 0 Å². The fourth-order valence-corrected chi connectivity index (χ4v) is 5.88. The molecule has 8 nitrogen and oxygen atoms in total. The zero-order valence-corrected chi connectivity index (χ0v) is 25.3. The molecule has 0 aliphatic heterocycles. The Morgan fingerprint density at radius 3 is 2.14 bits per heavy atom. The van der Waals surface area contributed by atoms with Crippen LogP contribution in [0.5, 0.6) is 0 Å². The van der Waals surface area contributed by atoms with E-state index < -0.39 is 21.7 Å². The Labute approximate surface area is 219 Å². The molecular weight excluding hydrogens is 486 g/mol. The summed E-state index contributed by atoms with van der Waals surface area (Å²) in [6.45, 7) is 16.6. The molecule has 0 bridgehead atoms. The Balaban J connectivity index is 1.81. The van der Waals surface area contributed by atoms with E-state index in [2.05, 4.69) is 61.4 Å². The van der Waals surface area contributed by atoms with E-state index in [1.165, 1.54) is 0 Å². The lowest BCUT2D eigenvalue weighted by Gasteiger charge is -2.34. The lowest BCUT2D eigenvalue weighted by Crippen LogP contribution is -2.35. The molecule has 36 heavy (non-hydrogen) atoms. The summed E-state index contributed by atoms with van der Waals surface area (Å²) in [4.78, 5) is 7.07. The van der Waals surface area contributed by atoms with Gasteiger partial charge < -0.3 is 19.1 Å². The summed E-state index contributed by atoms with van der Waals surface area (Å²) in [5, 5.41) is 14.2. The number of hydrogen-bond donors (Lipinski definition) is 0. The van der Waals surface area contributed by atoms with Gasteiger partial charge in [-0.1, -0.05) is 39.3 Å². The number of methoxy groups -OCH3 is 1. The highest BCUT2D eigenvalue weighted by atomic mass is 28.3. The van der Waals surface area contributed by atoms with Gasteiger partial charge in [0.2, 0.25) is 0 Å². The molecule has 1 aliphatic rings. The van der Waals surface area contributed by atoms with Crippen LogP contribution in [0.25, 0.3) is 5.65 Å². The number of hydrogen-bond acceptors (Lipinski definition) is 7. The maximum atomic E-state index is 9.60. The van der Waals surface area contributed by atoms with Crippen LogP contribution in [0, 0.1) is 11.3 Å². The zero-order chi connectivity index (χ0) is 26.4. The molecule has 0 saturated heterocycles. The van der Waals surface area contributed by atoms with E-state index in [-0.39, 0.29) is 5.92 Å². The van der Waals surface area contributed by atoms with Gasteiger partial charge >= 0.3 is 0 Å². The van der Waals surface area contributed by atoms with Crippen molar-refractivity contribution in [3.05, 3.63) is 24.0 Å². The second-order valence-electron chi connectivity index (χ2n) is 12.5. The average molecular weight is 532 g/mol. The largest absolute Gasteiger partial charge is 0.363 e. The topological polar surface area (TPSA) is 84.9 Å². The van der Waals surface area contributed by atoms with Gasteiger partial charge in [0.15, 0.2) is 11.2 Å². The third kappa shape index (κ3) is 8.11. The van der Waals surface area contributed by atoms with Crippen LogP contribution in [0.3, 0.4) is 0 Å². The third-order valence-corrected chi connectivity index (χ3v) is 10.4. The predicted octanol–water partition coefficient (Wildman–Crippen LogP) is 5.73. The second-order valence-corrected chi connectivity index (χ2v) is 23.7. The van der Waals surface area contributed by atoms with Gasteiger partial charge in [0.05, 0.1) is 12.3 Å². The van der Waals surface area contributed by atoms with Crippen LogP contribution in [0.15, 0.2) is 18.3 Å². The Bertz CT molecular complexity index is 995. The number of ether oxygens (including phenoxy) is 3. The molecule has 1 aliphatic carbocycles. The Morgan fingerprint density at radius 1 is 1.06 bits per heavy atom. The number of anilines is 1. The first-order valence-corrected chi connectivity index (χ1v) is 20.6. The van der Waals surface area contributed by atoms with E-state index in [1.807, 2.05) is 10.6 Å². The molecule has 0 spiro atoms. The molecule has 200 valence electrons. The minimum absolute atomic E-state index is 0.280. The molecular formula is C26H45N5O3Si2. The third-order valence-electron chi connectivity index (χ3n) is 6.98. The molecule has 1 fully saturated rings. The summed E-state index contributed by atoms with van der Waals surface area (Å²) in [7, 11) is -0.709. The maximum absolute atomic E-state index is 9.60. The predicted molar refractivity (Wildman–Crippen MR) is 150 cm³/mol. The molecule has 2 aromatic heterocycles. The molecule has 0 atom stereocenters. The molecule has 0 radical (unpaired) electrons. The highest BCUT2D eigenvalue weighted by molar-refractivity contribution is 6.76. The van der Waals surface area contributed by atoms with Gasteiger partial charge in [-0.15, -0.1) is 0 Å². The lowest BCUT2D eigenvalue weighted by molar-refractivity contribution is 0.00408. The highest BCUT2D eigenvalue weighted by Crippen LogP contribution is 2.39. The van der Waals surface area contributed by atoms with Crippen molar-refractivity contribution in [1.29, 1.82) is 5.26 Å². The van der Waals surface area contributed by atoms with Crippen LogP contribution in [0.2, 0.25) is 51.4 Å². The first-order valence-electron chi connectivity index (χ1n) is 13.2. The summed E-state index contributed by atoms with van der Waals surface area (Å²) >= 11 is 0. The maximum Gasteiger partial charge on any atom is 0.157 e. The zero-order valence-electron chi connectivity index (χ0n) is 23.3. The molecule has 0 amide bonds. The monoisotopic (exact) mass is 531 g/mol. The molecule has 0 N–H and O–H groups in total. The van der Waals surface area contributed by atoms with Crippen LogP contribution in [0.4, 0.5) is 5.82 Å². The number of rotatable bonds is 13. The Kier molecular flexibility index (Phi) is 9.74. The number of nitriles is 1. The summed E-state index contributed by atoms with van der Waals surface area (Å²) < 4.78 is 19.8. The van der Waals surface area contributed by atoms with Crippen LogP contribution >= 0.6 is 0 Å². The standard InChI is InChI=1S/C26H45N5O3Si2/c1-32-26(19-27)11-8-22(9-12-26)23-18-25(31-24(29-23)10-13-28-31)30(20-33-14-16-35(2,3)4)21-34-15-17-36(5,6)7/h10,13,18,22H,8-9,11-12,14-17,20-21H2,1-7H3/t22-,26+. The highest BCUT2D eigenvalue weighted by Gasteiger charge is 2.36. The minimum Gasteiger partial charge on any atom is -0.363 e. The van der Waals surface area contributed by atoms with Gasteiger partial charge in [-0.05, 0) is 37.8 Å². The molecule has 3 rings (SSSR count). The first-order chi connectivity index (χ1) is 17.0. The van der Waals surface area contributed by atoms with Crippen molar-refractivity contribution in [3.8, 4) is 6.07 Å². The van der Waals surface area contributed by atoms with Gasteiger partial charge in [0, 0.05) is 60.2 Å². The van der Waals surface area contributed by atoms with Crippen molar-refractivity contribution in [1.82, 2.24) is 14.6 Å². The van der Waals surface area contributed by atoms with E-state index >= 15 is 0 Å². The van der Waals surface area contributed by atoms with Crippen molar-refractivity contribution in [3.63, 3.8) is 0 Å². The van der Waals surface area contributed by atoms with Crippen LogP contribution in [-0.2, 0) is 14.2 Å². The second kappa shape index (κ2) is 12.2. The molecule has 0 aromatic carbocycles. The quantitative estimate of drug-likeness (QED) is 0.185. The minimum atomic E-state index is -1.17. The fraction of sp³-hybridized carbons (Fsp3) is 0.731. The molecule has 10 heteroatoms. The Morgan fingerprint density at radius 2 is 1.64 bits per heavy atom. The molecule has 0 unspecified atom stereocenters. The smallest absolute Gasteiger partial charge is 0.157 e. The van der Waals surface area contributed by atoms with E-state index in [4.69, 9.17) is 19.2 Å². The van der Waals surface area contributed by atoms with Crippen molar-refractivity contribution in [2.24, 2.45) is 0 Å². The van der Waals surface area contributed by atoms with Gasteiger partial charge in [0.1, 0.15) is 19.3 Å². The summed E-state index contributed by atoms with van der Waals surface area (Å²) in [6, 6.07) is 8.71. The fourth-order valence-electron chi connectivity index (χ4n) is 4.37. The van der Waals surface area contributed by atoms with Gasteiger partial charge in [0.25, 0.3) is 0 Å². The van der Waals surface area contributed by atoms with Crippen molar-refractivity contribution < 1.29 is 14.2 Å². The average Bonchev–Trinajstić information content (AvgIpc) is 3.30. The number of fused-ring (bicyclic) bond motifs is 1. The number of aromatic nitrogens is 3. The summed E-state index contributed by atoms with van der Waals surface area (Å²) in [5.74, 6) is 1.22. The molecule has 2 heterocycles. The first kappa shape index (κ1) is 28.8. The Hall–Kier alpha value is -1.78. The summed E-state index contributed by atoms with van der Waals surface area (Å²) in [5.41, 5.74) is 1.19. The van der Waals surface area contributed by atoms with Crippen molar-refractivity contribution >= 4 is 27.6 Å². The number of nitrogens with zero attached hydrogens (tertiary/aromatic N) is 5. The van der Waals surface area contributed by atoms with Crippen molar-refractivity contribution in [2.75, 3.05) is 38.7 Å². The van der Waals surface area contributed by atoms with Gasteiger partial charge in [-0.2, -0.15) is 14.9 Å². The molecule has 2 aromatic rings. The van der Waals surface area contributed by atoms with E-state index in [0.717, 1.165) is 68.1 Å². The van der Waals surface area contributed by atoms with E-state index in [0.29, 0.717) is 13.5 Å². The van der Waals surface area contributed by atoms with Gasteiger partial charge in [-0.25, -0.2) is 4.98 Å². The molecule has 1 saturated carbocycles. The SMILES string of the molecule is CO[C@]1(C#N)CC[C@H](c2cc(N(COCC[Si](C)(C)C)COCC[Si](C)(C)C)n3nccc3n2)CC1. The lowest BCUT2D eigenvalue weighted by atomic mass is 9.78. The van der Waals surface area contributed by atoms with E-state index in [1.54, 1.807) is 13.3 Å². The van der Waals surface area contributed by atoms with Crippen molar-refractivity contribution in [2.45, 2.75) is 88.6 Å². The van der Waals surface area contributed by atoms with Crippen LogP contribution in [-0.4, -0.2) is 70.1 Å². The van der Waals surface area contributed by atoms with E-state index in [9.17, 15) is 5.26 Å². The summed E-state index contributed by atoms with van der Waals surface area (Å²) in [6.07, 6.45) is 4.97. The normalized spacial score (nSPS) is 21.0. The van der Waals surface area contributed by atoms with Crippen LogP contribution < -0.4 is 4.90 Å². The van der Waals surface area contributed by atoms with Crippen LogP contribution in [0.1, 0.15) is 37.3 Å².